The van der Waals surface area contributed by atoms with Crippen LogP contribution in [0.3, 0.4) is 0 Å². The molecule has 0 saturated heterocycles. The van der Waals surface area contributed by atoms with Crippen molar-refractivity contribution in [1.82, 2.24) is 0 Å². The normalized spacial score (nSPS) is 12.2. The van der Waals surface area contributed by atoms with Crippen LogP contribution in [-0.4, -0.2) is 0 Å². The highest BCUT2D eigenvalue weighted by atomic mass is 79.9. The van der Waals surface area contributed by atoms with Crippen molar-refractivity contribution >= 4 is 48.9 Å². The molecule has 0 aromatic carbocycles. The molecular weight excluding hydrogens is 316 g/mol. The standard InChI is InChI=1S/C8H6Br2N2S/c1-4(3-11)7(12)6-2-5(9)8(10)13-6/h2H,12H2,1H3/b7-4-. The van der Waals surface area contributed by atoms with Gasteiger partial charge in [0.25, 0.3) is 0 Å². The van der Waals surface area contributed by atoms with Crippen molar-refractivity contribution in [2.45, 2.75) is 6.92 Å². The fourth-order valence-electron chi connectivity index (χ4n) is 0.724. The fraction of sp³-hybridized carbons (Fsp3) is 0.125. The van der Waals surface area contributed by atoms with Gasteiger partial charge in [-0.15, -0.1) is 11.3 Å². The molecular formula is C8H6Br2N2S. The topological polar surface area (TPSA) is 49.8 Å². The molecule has 0 aliphatic rings. The Bertz CT molecular complexity index is 381. The molecule has 68 valence electrons. The first kappa shape index (κ1) is 10.8. The van der Waals surface area contributed by atoms with Gasteiger partial charge in [0.05, 0.1) is 26.0 Å². The number of halogens is 2. The van der Waals surface area contributed by atoms with Crippen molar-refractivity contribution < 1.29 is 0 Å². The second kappa shape index (κ2) is 4.27. The molecule has 0 amide bonds. The smallest absolute Gasteiger partial charge is 0.0966 e. The molecule has 0 radical (unpaired) electrons. The summed E-state index contributed by atoms with van der Waals surface area (Å²) < 4.78 is 1.94. The Balaban J connectivity index is 3.18. The van der Waals surface area contributed by atoms with E-state index < -0.39 is 0 Å². The van der Waals surface area contributed by atoms with Crippen LogP contribution in [0.25, 0.3) is 5.70 Å². The van der Waals surface area contributed by atoms with Crippen molar-refractivity contribution in [3.8, 4) is 6.07 Å². The highest BCUT2D eigenvalue weighted by Crippen LogP contribution is 2.35. The molecule has 13 heavy (non-hydrogen) atoms. The van der Waals surface area contributed by atoms with Gasteiger partial charge in [-0.3, -0.25) is 0 Å². The minimum Gasteiger partial charge on any atom is -0.397 e. The molecule has 1 aromatic heterocycles. The molecule has 2 nitrogen and oxygen atoms in total. The monoisotopic (exact) mass is 320 g/mol. The van der Waals surface area contributed by atoms with E-state index in [0.717, 1.165) is 13.1 Å². The van der Waals surface area contributed by atoms with Crippen molar-refractivity contribution in [2.75, 3.05) is 0 Å². The van der Waals surface area contributed by atoms with E-state index in [1.54, 1.807) is 6.92 Å². The third kappa shape index (κ3) is 2.33. The first-order chi connectivity index (χ1) is 6.06. The Kier molecular flexibility index (Phi) is 3.54. The molecule has 0 spiro atoms. The zero-order chi connectivity index (χ0) is 10.0. The predicted molar refractivity (Wildman–Crippen MR) is 62.1 cm³/mol. The maximum absolute atomic E-state index is 8.64. The molecule has 2 N–H and O–H groups in total. The summed E-state index contributed by atoms with van der Waals surface area (Å²) in [5, 5.41) is 8.64. The largest absolute Gasteiger partial charge is 0.397 e. The summed E-state index contributed by atoms with van der Waals surface area (Å²) in [6, 6.07) is 3.92. The molecule has 5 heteroatoms. The third-order valence-electron chi connectivity index (χ3n) is 1.48. The Hall–Kier alpha value is -0.310. The molecule has 0 bridgehead atoms. The second-order valence-corrected chi connectivity index (χ2v) is 5.61. The van der Waals surface area contributed by atoms with Crippen molar-refractivity contribution in [3.05, 3.63) is 24.8 Å². The number of nitrogens with zero attached hydrogens (tertiary/aromatic N) is 1. The Labute approximate surface area is 97.3 Å². The van der Waals surface area contributed by atoms with E-state index in [9.17, 15) is 0 Å². The van der Waals surface area contributed by atoms with E-state index in [-0.39, 0.29) is 0 Å². The second-order valence-electron chi connectivity index (χ2n) is 2.38. The lowest BCUT2D eigenvalue weighted by atomic mass is 10.2. The SMILES string of the molecule is C/C(C#N)=C(/N)c1cc(Br)c(Br)s1. The van der Waals surface area contributed by atoms with Gasteiger partial charge in [0.2, 0.25) is 0 Å². The number of thiophene rings is 1. The van der Waals surface area contributed by atoms with Gasteiger partial charge in [-0.25, -0.2) is 0 Å². The minimum atomic E-state index is 0.541. The molecule has 0 fully saturated rings. The highest BCUT2D eigenvalue weighted by molar-refractivity contribution is 9.13. The minimum absolute atomic E-state index is 0.541. The van der Waals surface area contributed by atoms with E-state index in [4.69, 9.17) is 11.0 Å². The van der Waals surface area contributed by atoms with Crippen LogP contribution in [0.1, 0.15) is 11.8 Å². The van der Waals surface area contributed by atoms with Gasteiger partial charge in [0.15, 0.2) is 0 Å². The predicted octanol–water partition coefficient (Wildman–Crippen LogP) is 3.49. The summed E-state index contributed by atoms with van der Waals surface area (Å²) in [4.78, 5) is 0.901. The molecule has 1 rings (SSSR count). The van der Waals surface area contributed by atoms with Gasteiger partial charge in [-0.05, 0) is 44.8 Å². The summed E-state index contributed by atoms with van der Waals surface area (Å²) in [5.74, 6) is 0. The van der Waals surface area contributed by atoms with Crippen LogP contribution in [0, 0.1) is 11.3 Å². The van der Waals surface area contributed by atoms with Crippen LogP contribution >= 0.6 is 43.2 Å². The van der Waals surface area contributed by atoms with Crippen LogP contribution in [0.4, 0.5) is 0 Å². The Morgan fingerprint density at radius 3 is 2.62 bits per heavy atom. The molecule has 0 atom stereocenters. The van der Waals surface area contributed by atoms with E-state index in [1.165, 1.54) is 11.3 Å². The summed E-state index contributed by atoms with van der Waals surface area (Å²) >= 11 is 8.23. The number of hydrogen-bond donors (Lipinski definition) is 1. The third-order valence-corrected chi connectivity index (χ3v) is 4.77. The van der Waals surface area contributed by atoms with Crippen molar-refractivity contribution in [2.24, 2.45) is 5.73 Å². The lowest BCUT2D eigenvalue weighted by Gasteiger charge is -1.96. The number of hydrogen-bond acceptors (Lipinski definition) is 3. The molecule has 1 aromatic rings. The summed E-state index contributed by atoms with van der Waals surface area (Å²) in [6.07, 6.45) is 0. The first-order valence-electron chi connectivity index (χ1n) is 3.38. The number of nitriles is 1. The van der Waals surface area contributed by atoms with Gasteiger partial charge in [0.1, 0.15) is 0 Å². The molecule has 0 unspecified atom stereocenters. The van der Waals surface area contributed by atoms with Crippen LogP contribution in [0.5, 0.6) is 0 Å². The van der Waals surface area contributed by atoms with Gasteiger partial charge >= 0.3 is 0 Å². The summed E-state index contributed by atoms with van der Waals surface area (Å²) in [6.45, 7) is 1.71. The number of nitrogens with two attached hydrogens (primary N) is 1. The van der Waals surface area contributed by atoms with Crippen molar-refractivity contribution in [1.29, 1.82) is 5.26 Å². The van der Waals surface area contributed by atoms with Gasteiger partial charge in [-0.1, -0.05) is 0 Å². The lowest BCUT2D eigenvalue weighted by Crippen LogP contribution is -1.96. The first-order valence-corrected chi connectivity index (χ1v) is 5.78. The van der Waals surface area contributed by atoms with Crippen molar-refractivity contribution in [3.63, 3.8) is 0 Å². The van der Waals surface area contributed by atoms with E-state index in [2.05, 4.69) is 31.9 Å². The Morgan fingerprint density at radius 2 is 2.23 bits per heavy atom. The maximum atomic E-state index is 8.64. The average Bonchev–Trinajstić information content (AvgIpc) is 2.44. The van der Waals surface area contributed by atoms with Gasteiger partial charge < -0.3 is 5.73 Å². The van der Waals surface area contributed by atoms with Crippen LogP contribution < -0.4 is 5.73 Å². The van der Waals surface area contributed by atoms with Crippen LogP contribution in [0.15, 0.2) is 19.9 Å². The average molecular weight is 322 g/mol. The Morgan fingerprint density at radius 1 is 1.62 bits per heavy atom. The molecule has 0 aliphatic heterocycles. The zero-order valence-corrected chi connectivity index (χ0v) is 10.8. The maximum Gasteiger partial charge on any atom is 0.0966 e. The summed E-state index contributed by atoms with van der Waals surface area (Å²) in [5.41, 5.74) is 6.84. The number of allylic oxidation sites excluding steroid dienone is 1. The zero-order valence-electron chi connectivity index (χ0n) is 6.77. The molecule has 1 heterocycles. The van der Waals surface area contributed by atoms with Gasteiger partial charge in [-0.2, -0.15) is 5.26 Å². The fourth-order valence-corrected chi connectivity index (χ4v) is 2.77. The van der Waals surface area contributed by atoms with Crippen LogP contribution in [-0.2, 0) is 0 Å². The number of rotatable bonds is 1. The van der Waals surface area contributed by atoms with E-state index in [1.807, 2.05) is 12.1 Å². The highest BCUT2D eigenvalue weighted by Gasteiger charge is 2.08. The quantitative estimate of drug-likeness (QED) is 0.805. The molecule has 0 aliphatic carbocycles. The van der Waals surface area contributed by atoms with Gasteiger partial charge in [0, 0.05) is 4.47 Å². The summed E-state index contributed by atoms with van der Waals surface area (Å²) in [7, 11) is 0. The lowest BCUT2D eigenvalue weighted by molar-refractivity contribution is 1.41. The van der Waals surface area contributed by atoms with Crippen LogP contribution in [0.2, 0.25) is 0 Å². The van der Waals surface area contributed by atoms with E-state index in [0.29, 0.717) is 11.3 Å². The van der Waals surface area contributed by atoms with E-state index >= 15 is 0 Å². The molecule has 0 saturated carbocycles.